The smallest absolute Gasteiger partial charge is 0.145 e. The van der Waals surface area contributed by atoms with Crippen LogP contribution in [0.15, 0.2) is 35.5 Å². The van der Waals surface area contributed by atoms with Gasteiger partial charge in [-0.05, 0) is 19.0 Å². The molecule has 0 unspecified atom stereocenters. The van der Waals surface area contributed by atoms with Crippen LogP contribution in [0, 0.1) is 0 Å². The Morgan fingerprint density at radius 3 is 2.84 bits per heavy atom. The molecule has 19 heavy (non-hydrogen) atoms. The third-order valence-electron chi connectivity index (χ3n) is 3.35. The molecule has 0 radical (unpaired) electrons. The van der Waals surface area contributed by atoms with Gasteiger partial charge in [0.05, 0.1) is 11.8 Å². The second kappa shape index (κ2) is 6.68. The van der Waals surface area contributed by atoms with Crippen molar-refractivity contribution in [1.29, 1.82) is 0 Å². The molecular weight excluding hydrogens is 240 g/mol. The van der Waals surface area contributed by atoms with Gasteiger partial charge in [-0.1, -0.05) is 42.4 Å². The minimum absolute atomic E-state index is 0.0873. The van der Waals surface area contributed by atoms with Crippen LogP contribution in [0.25, 0.3) is 0 Å². The molecule has 4 heteroatoms. The Balaban J connectivity index is 1.81. The van der Waals surface area contributed by atoms with Crippen LogP contribution >= 0.6 is 0 Å². The molecule has 4 nitrogen and oxygen atoms in total. The molecule has 0 saturated carbocycles. The third-order valence-corrected chi connectivity index (χ3v) is 3.35. The fourth-order valence-electron chi connectivity index (χ4n) is 2.24. The van der Waals surface area contributed by atoms with Crippen LogP contribution in [-0.2, 0) is 4.84 Å². The summed E-state index contributed by atoms with van der Waals surface area (Å²) >= 11 is 0. The SMILES string of the molecule is CC[C@H](O)CN(C)C[C@H]1CC(c2ccccc2)=NO1. The van der Waals surface area contributed by atoms with Gasteiger partial charge in [0.15, 0.2) is 0 Å². The Bertz CT molecular complexity index is 419. The van der Waals surface area contributed by atoms with E-state index in [1.54, 1.807) is 0 Å². The highest BCUT2D eigenvalue weighted by atomic mass is 16.6. The van der Waals surface area contributed by atoms with Gasteiger partial charge in [0.1, 0.15) is 6.10 Å². The molecule has 1 heterocycles. The van der Waals surface area contributed by atoms with Crippen LogP contribution in [-0.4, -0.2) is 48.1 Å². The van der Waals surface area contributed by atoms with Gasteiger partial charge in [0.2, 0.25) is 0 Å². The zero-order chi connectivity index (χ0) is 13.7. The van der Waals surface area contributed by atoms with E-state index in [2.05, 4.69) is 22.2 Å². The lowest BCUT2D eigenvalue weighted by Crippen LogP contribution is -2.35. The topological polar surface area (TPSA) is 45.1 Å². The van der Waals surface area contributed by atoms with E-state index in [1.165, 1.54) is 0 Å². The first kappa shape index (κ1) is 14.0. The minimum atomic E-state index is -0.263. The van der Waals surface area contributed by atoms with Crippen molar-refractivity contribution in [3.63, 3.8) is 0 Å². The molecule has 0 spiro atoms. The van der Waals surface area contributed by atoms with Gasteiger partial charge in [-0.15, -0.1) is 0 Å². The second-order valence-electron chi connectivity index (χ2n) is 5.12. The van der Waals surface area contributed by atoms with E-state index in [4.69, 9.17) is 4.84 Å². The monoisotopic (exact) mass is 262 g/mol. The average Bonchev–Trinajstić information content (AvgIpc) is 2.88. The van der Waals surface area contributed by atoms with E-state index in [9.17, 15) is 5.11 Å². The van der Waals surface area contributed by atoms with E-state index < -0.39 is 0 Å². The number of hydrogen-bond acceptors (Lipinski definition) is 4. The van der Waals surface area contributed by atoms with Crippen LogP contribution in [0.2, 0.25) is 0 Å². The summed E-state index contributed by atoms with van der Waals surface area (Å²) in [6, 6.07) is 10.1. The fraction of sp³-hybridized carbons (Fsp3) is 0.533. The second-order valence-corrected chi connectivity index (χ2v) is 5.12. The summed E-state index contributed by atoms with van der Waals surface area (Å²) in [4.78, 5) is 7.57. The van der Waals surface area contributed by atoms with Crippen LogP contribution in [0.1, 0.15) is 25.3 Å². The Hall–Kier alpha value is -1.39. The fourth-order valence-corrected chi connectivity index (χ4v) is 2.24. The molecule has 1 aliphatic heterocycles. The highest BCUT2D eigenvalue weighted by Crippen LogP contribution is 2.17. The number of nitrogens with zero attached hydrogens (tertiary/aromatic N) is 2. The number of likely N-dealkylation sites (N-methyl/N-ethyl adjacent to an activating group) is 1. The third kappa shape index (κ3) is 4.04. The van der Waals surface area contributed by atoms with Crippen molar-refractivity contribution in [2.45, 2.75) is 32.0 Å². The molecule has 0 amide bonds. The Morgan fingerprint density at radius 1 is 1.42 bits per heavy atom. The summed E-state index contributed by atoms with van der Waals surface area (Å²) < 4.78 is 0. The number of rotatable bonds is 6. The molecule has 0 aliphatic carbocycles. The summed E-state index contributed by atoms with van der Waals surface area (Å²) in [6.45, 7) is 3.45. The van der Waals surface area contributed by atoms with Crippen molar-refractivity contribution >= 4 is 5.71 Å². The highest BCUT2D eigenvalue weighted by molar-refractivity contribution is 6.01. The molecular formula is C15H22N2O2. The van der Waals surface area contributed by atoms with Crippen molar-refractivity contribution in [3.8, 4) is 0 Å². The van der Waals surface area contributed by atoms with Crippen molar-refractivity contribution in [2.24, 2.45) is 5.16 Å². The van der Waals surface area contributed by atoms with Crippen molar-refractivity contribution < 1.29 is 9.94 Å². The normalized spacial score (nSPS) is 20.2. The van der Waals surface area contributed by atoms with Gasteiger partial charge >= 0.3 is 0 Å². The summed E-state index contributed by atoms with van der Waals surface area (Å²) in [5.74, 6) is 0. The lowest BCUT2D eigenvalue weighted by Gasteiger charge is -2.21. The van der Waals surface area contributed by atoms with Crippen LogP contribution < -0.4 is 0 Å². The van der Waals surface area contributed by atoms with E-state index in [0.717, 1.165) is 30.7 Å². The Kier molecular flexibility index (Phi) is 4.93. The summed E-state index contributed by atoms with van der Waals surface area (Å²) in [5, 5.41) is 13.8. The Morgan fingerprint density at radius 2 is 2.16 bits per heavy atom. The molecule has 0 fully saturated rings. The van der Waals surface area contributed by atoms with E-state index in [-0.39, 0.29) is 12.2 Å². The standard InChI is InChI=1S/C15H22N2O2/c1-3-13(18)10-17(2)11-14-9-15(16-19-14)12-7-5-4-6-8-12/h4-8,13-14,18H,3,9-11H2,1-2H3/t13-,14+/m0/s1. The maximum Gasteiger partial charge on any atom is 0.145 e. The summed E-state index contributed by atoms with van der Waals surface area (Å²) in [5.41, 5.74) is 2.14. The van der Waals surface area contributed by atoms with E-state index >= 15 is 0 Å². The van der Waals surface area contributed by atoms with Gasteiger partial charge in [-0.25, -0.2) is 0 Å². The predicted octanol–water partition coefficient (Wildman–Crippen LogP) is 1.88. The molecule has 104 valence electrons. The maximum atomic E-state index is 9.62. The minimum Gasteiger partial charge on any atom is -0.392 e. The number of benzene rings is 1. The first-order valence-electron chi connectivity index (χ1n) is 6.83. The predicted molar refractivity (Wildman–Crippen MR) is 76.3 cm³/mol. The molecule has 2 rings (SSSR count). The van der Waals surface area contributed by atoms with Crippen molar-refractivity contribution in [2.75, 3.05) is 20.1 Å². The number of aliphatic hydroxyl groups excluding tert-OH is 1. The first-order chi connectivity index (χ1) is 9.19. The largest absolute Gasteiger partial charge is 0.392 e. The molecule has 1 aromatic carbocycles. The molecule has 2 atom stereocenters. The van der Waals surface area contributed by atoms with E-state index in [1.807, 2.05) is 32.2 Å². The molecule has 1 N–H and O–H groups in total. The van der Waals surface area contributed by atoms with Crippen molar-refractivity contribution in [3.05, 3.63) is 35.9 Å². The molecule has 1 aromatic rings. The molecule has 0 aromatic heterocycles. The Labute approximate surface area is 114 Å². The van der Waals surface area contributed by atoms with Gasteiger partial charge in [-0.3, -0.25) is 0 Å². The zero-order valence-electron chi connectivity index (χ0n) is 11.6. The van der Waals surface area contributed by atoms with Gasteiger partial charge in [-0.2, -0.15) is 0 Å². The average molecular weight is 262 g/mol. The van der Waals surface area contributed by atoms with Crippen LogP contribution in [0.3, 0.4) is 0 Å². The summed E-state index contributed by atoms with van der Waals surface area (Å²) in [7, 11) is 2.00. The zero-order valence-corrected chi connectivity index (χ0v) is 11.6. The number of hydrogen-bond donors (Lipinski definition) is 1. The highest BCUT2D eigenvalue weighted by Gasteiger charge is 2.23. The van der Waals surface area contributed by atoms with Crippen LogP contribution in [0.4, 0.5) is 0 Å². The number of oxime groups is 1. The summed E-state index contributed by atoms with van der Waals surface area (Å²) in [6.07, 6.45) is 1.43. The maximum absolute atomic E-state index is 9.62. The van der Waals surface area contributed by atoms with Crippen molar-refractivity contribution in [1.82, 2.24) is 4.90 Å². The van der Waals surface area contributed by atoms with Gasteiger partial charge < -0.3 is 14.8 Å². The molecule has 0 saturated heterocycles. The molecule has 0 bridgehead atoms. The van der Waals surface area contributed by atoms with E-state index in [0.29, 0.717) is 6.54 Å². The number of aliphatic hydroxyl groups is 1. The van der Waals surface area contributed by atoms with Gasteiger partial charge in [0.25, 0.3) is 0 Å². The quantitative estimate of drug-likeness (QED) is 0.851. The van der Waals surface area contributed by atoms with Gasteiger partial charge in [0, 0.05) is 19.5 Å². The van der Waals surface area contributed by atoms with Crippen LogP contribution in [0.5, 0.6) is 0 Å². The first-order valence-corrected chi connectivity index (χ1v) is 6.83. The lowest BCUT2D eigenvalue weighted by molar-refractivity contribution is 0.0436. The lowest BCUT2D eigenvalue weighted by atomic mass is 10.0. The molecule has 1 aliphatic rings.